The van der Waals surface area contributed by atoms with E-state index in [1.807, 2.05) is 80.1 Å². The Hall–Kier alpha value is -3.52. The number of aryl methyl sites for hydroxylation is 1. The zero-order chi connectivity index (χ0) is 23.5. The highest BCUT2D eigenvalue weighted by molar-refractivity contribution is 7.99. The summed E-state index contributed by atoms with van der Waals surface area (Å²) in [6.45, 7) is 3.97. The van der Waals surface area contributed by atoms with E-state index in [-0.39, 0.29) is 11.5 Å². The molecule has 0 amide bonds. The predicted molar refractivity (Wildman–Crippen MR) is 130 cm³/mol. The standard InChI is InChI=1S/C25H26N4O3S/c1-16-14-21(17(2)29(16)18-10-12-19(31-4)13-11-18)22(30)15-33-25-27-26-24(28(25)3)20-8-6-7-9-23(20)32-5/h6-14H,15H2,1-5H3. The average Bonchev–Trinajstić information content (AvgIpc) is 3.35. The molecule has 2 aromatic carbocycles. The summed E-state index contributed by atoms with van der Waals surface area (Å²) in [5, 5.41) is 9.29. The van der Waals surface area contributed by atoms with Crippen molar-refractivity contribution in [2.75, 3.05) is 20.0 Å². The molecule has 33 heavy (non-hydrogen) atoms. The number of benzene rings is 2. The molecule has 0 bridgehead atoms. The van der Waals surface area contributed by atoms with Crippen LogP contribution < -0.4 is 9.47 Å². The Morgan fingerprint density at radius 1 is 1.00 bits per heavy atom. The van der Waals surface area contributed by atoms with Crippen LogP contribution in [0.3, 0.4) is 0 Å². The molecule has 8 heteroatoms. The van der Waals surface area contributed by atoms with Crippen molar-refractivity contribution in [2.45, 2.75) is 19.0 Å². The van der Waals surface area contributed by atoms with Gasteiger partial charge in [-0.25, -0.2) is 0 Å². The van der Waals surface area contributed by atoms with Gasteiger partial charge in [-0.3, -0.25) is 4.79 Å². The van der Waals surface area contributed by atoms with E-state index in [9.17, 15) is 4.79 Å². The van der Waals surface area contributed by atoms with Crippen LogP contribution in [0, 0.1) is 13.8 Å². The first-order valence-electron chi connectivity index (χ1n) is 10.5. The van der Waals surface area contributed by atoms with Crippen LogP contribution in [0.1, 0.15) is 21.7 Å². The summed E-state index contributed by atoms with van der Waals surface area (Å²) in [5.74, 6) is 2.54. The number of hydrogen-bond acceptors (Lipinski definition) is 6. The number of methoxy groups -OCH3 is 2. The van der Waals surface area contributed by atoms with Crippen LogP contribution in [0.5, 0.6) is 11.5 Å². The molecule has 0 aliphatic heterocycles. The van der Waals surface area contributed by atoms with Gasteiger partial charge in [0.1, 0.15) is 11.5 Å². The number of nitrogens with zero attached hydrogens (tertiary/aromatic N) is 4. The number of aromatic nitrogens is 4. The second-order valence-corrected chi connectivity index (χ2v) is 8.54. The minimum atomic E-state index is 0.0507. The molecule has 0 atom stereocenters. The largest absolute Gasteiger partial charge is 0.497 e. The number of rotatable bonds is 8. The molecule has 170 valence electrons. The highest BCUT2D eigenvalue weighted by Gasteiger charge is 2.19. The Morgan fingerprint density at radius 3 is 2.42 bits per heavy atom. The van der Waals surface area contributed by atoms with Gasteiger partial charge in [-0.05, 0) is 56.3 Å². The molecule has 7 nitrogen and oxygen atoms in total. The van der Waals surface area contributed by atoms with Crippen LogP contribution in [0.15, 0.2) is 59.8 Å². The number of para-hydroxylation sites is 1. The van der Waals surface area contributed by atoms with E-state index in [1.54, 1.807) is 14.2 Å². The molecule has 0 N–H and O–H groups in total. The van der Waals surface area contributed by atoms with E-state index in [2.05, 4.69) is 14.8 Å². The minimum Gasteiger partial charge on any atom is -0.497 e. The average molecular weight is 463 g/mol. The number of Topliss-reactive ketones (excluding diaryl/α,β-unsaturated/α-hetero) is 1. The minimum absolute atomic E-state index is 0.0507. The van der Waals surface area contributed by atoms with Crippen LogP contribution in [0.4, 0.5) is 0 Å². The van der Waals surface area contributed by atoms with E-state index >= 15 is 0 Å². The molecule has 0 aliphatic carbocycles. The molecular weight excluding hydrogens is 436 g/mol. The van der Waals surface area contributed by atoms with Crippen molar-refractivity contribution in [3.8, 4) is 28.6 Å². The monoisotopic (exact) mass is 462 g/mol. The van der Waals surface area contributed by atoms with Crippen molar-refractivity contribution in [1.29, 1.82) is 0 Å². The van der Waals surface area contributed by atoms with E-state index in [0.29, 0.717) is 16.5 Å². The highest BCUT2D eigenvalue weighted by Crippen LogP contribution is 2.30. The Labute approximate surface area is 197 Å². The van der Waals surface area contributed by atoms with Crippen LogP contribution >= 0.6 is 11.8 Å². The molecule has 0 unspecified atom stereocenters. The van der Waals surface area contributed by atoms with Gasteiger partial charge in [0.05, 0.1) is 25.5 Å². The Balaban J connectivity index is 1.53. The maximum absolute atomic E-state index is 13.1. The molecule has 4 rings (SSSR count). The van der Waals surface area contributed by atoms with Crippen molar-refractivity contribution >= 4 is 17.5 Å². The first kappa shape index (κ1) is 22.7. The van der Waals surface area contributed by atoms with Gasteiger partial charge in [-0.1, -0.05) is 23.9 Å². The van der Waals surface area contributed by atoms with Crippen molar-refractivity contribution in [3.63, 3.8) is 0 Å². The zero-order valence-corrected chi connectivity index (χ0v) is 20.1. The van der Waals surface area contributed by atoms with Crippen LogP contribution in [-0.2, 0) is 7.05 Å². The lowest BCUT2D eigenvalue weighted by Crippen LogP contribution is -2.06. The summed E-state index contributed by atoms with van der Waals surface area (Å²) in [7, 11) is 5.17. The summed E-state index contributed by atoms with van der Waals surface area (Å²) in [4.78, 5) is 13.1. The number of carbonyl (C=O) groups excluding carboxylic acids is 1. The van der Waals surface area contributed by atoms with Gasteiger partial charge in [-0.2, -0.15) is 0 Å². The van der Waals surface area contributed by atoms with E-state index in [1.165, 1.54) is 11.8 Å². The number of thioether (sulfide) groups is 1. The Kier molecular flexibility index (Phi) is 6.55. The maximum atomic E-state index is 13.1. The zero-order valence-electron chi connectivity index (χ0n) is 19.3. The quantitative estimate of drug-likeness (QED) is 0.274. The topological polar surface area (TPSA) is 71.2 Å². The lowest BCUT2D eigenvalue weighted by Gasteiger charge is -2.10. The third kappa shape index (κ3) is 4.39. The number of carbonyl (C=O) groups is 1. The van der Waals surface area contributed by atoms with Crippen molar-refractivity contribution in [3.05, 3.63) is 71.5 Å². The van der Waals surface area contributed by atoms with Gasteiger partial charge in [-0.15, -0.1) is 10.2 Å². The van der Waals surface area contributed by atoms with Crippen molar-refractivity contribution in [2.24, 2.45) is 7.05 Å². The first-order valence-corrected chi connectivity index (χ1v) is 11.4. The lowest BCUT2D eigenvalue weighted by molar-refractivity contribution is 0.102. The van der Waals surface area contributed by atoms with E-state index < -0.39 is 0 Å². The fourth-order valence-corrected chi connectivity index (χ4v) is 4.68. The molecule has 2 aromatic heterocycles. The highest BCUT2D eigenvalue weighted by atomic mass is 32.2. The van der Waals surface area contributed by atoms with Gasteiger partial charge in [0.2, 0.25) is 0 Å². The second-order valence-electron chi connectivity index (χ2n) is 7.60. The third-order valence-corrected chi connectivity index (χ3v) is 6.60. The van der Waals surface area contributed by atoms with Gasteiger partial charge >= 0.3 is 0 Å². The Morgan fingerprint density at radius 2 is 1.73 bits per heavy atom. The van der Waals surface area contributed by atoms with Crippen LogP contribution in [0.2, 0.25) is 0 Å². The summed E-state index contributed by atoms with van der Waals surface area (Å²) in [6, 6.07) is 17.4. The molecule has 0 radical (unpaired) electrons. The summed E-state index contributed by atoms with van der Waals surface area (Å²) in [5.41, 5.74) is 4.48. The second kappa shape index (κ2) is 9.54. The smallest absolute Gasteiger partial charge is 0.191 e. The SMILES string of the molecule is COc1ccc(-n2c(C)cc(C(=O)CSc3nnc(-c4ccccc4OC)n3C)c2C)cc1. The van der Waals surface area contributed by atoms with Crippen LogP contribution in [0.25, 0.3) is 17.1 Å². The fraction of sp³-hybridized carbons (Fsp3) is 0.240. The molecule has 0 saturated carbocycles. The third-order valence-electron chi connectivity index (χ3n) is 5.58. The van der Waals surface area contributed by atoms with Crippen molar-refractivity contribution < 1.29 is 14.3 Å². The van der Waals surface area contributed by atoms with Gasteiger partial charge in [0.25, 0.3) is 0 Å². The van der Waals surface area contributed by atoms with Gasteiger partial charge < -0.3 is 18.6 Å². The summed E-state index contributed by atoms with van der Waals surface area (Å²) >= 11 is 1.38. The molecule has 0 aliphatic rings. The van der Waals surface area contributed by atoms with E-state index in [0.717, 1.165) is 34.1 Å². The molecule has 2 heterocycles. The maximum Gasteiger partial charge on any atom is 0.191 e. The number of ketones is 1. The lowest BCUT2D eigenvalue weighted by atomic mass is 10.2. The summed E-state index contributed by atoms with van der Waals surface area (Å²) in [6.07, 6.45) is 0. The molecule has 0 spiro atoms. The molecular formula is C25H26N4O3S. The van der Waals surface area contributed by atoms with Crippen LogP contribution in [-0.4, -0.2) is 45.1 Å². The first-order chi connectivity index (χ1) is 15.9. The van der Waals surface area contributed by atoms with E-state index in [4.69, 9.17) is 9.47 Å². The summed E-state index contributed by atoms with van der Waals surface area (Å²) < 4.78 is 14.7. The van der Waals surface area contributed by atoms with Gasteiger partial charge in [0, 0.05) is 29.7 Å². The molecule has 0 saturated heterocycles. The molecule has 4 aromatic rings. The molecule has 0 fully saturated rings. The number of hydrogen-bond donors (Lipinski definition) is 0. The van der Waals surface area contributed by atoms with Gasteiger partial charge in [0.15, 0.2) is 16.8 Å². The normalized spacial score (nSPS) is 10.9. The fourth-order valence-electron chi connectivity index (χ4n) is 3.89. The number of ether oxygens (including phenoxy) is 2. The Bertz CT molecular complexity index is 1290. The van der Waals surface area contributed by atoms with Crippen molar-refractivity contribution in [1.82, 2.24) is 19.3 Å². The predicted octanol–water partition coefficient (Wildman–Crippen LogP) is 4.88.